The number of carbonyl (C=O) groups excluding carboxylic acids is 1. The van der Waals surface area contributed by atoms with Crippen LogP contribution in [0.4, 0.5) is 0 Å². The lowest BCUT2D eigenvalue weighted by molar-refractivity contribution is -0.142. The summed E-state index contributed by atoms with van der Waals surface area (Å²) in [6.45, 7) is 6.19. The fraction of sp³-hybridized carbons (Fsp3) is 0.833. The van der Waals surface area contributed by atoms with Crippen molar-refractivity contribution in [1.29, 1.82) is 0 Å². The first kappa shape index (κ1) is 13.8. The zero-order valence-electron chi connectivity index (χ0n) is 13.0. The van der Waals surface area contributed by atoms with Gasteiger partial charge in [-0.05, 0) is 62.2 Å². The van der Waals surface area contributed by atoms with Gasteiger partial charge in [0.05, 0.1) is 12.2 Å². The van der Waals surface area contributed by atoms with E-state index in [1.807, 2.05) is 0 Å². The summed E-state index contributed by atoms with van der Waals surface area (Å²) in [4.78, 5) is 11.4. The van der Waals surface area contributed by atoms with Gasteiger partial charge >= 0.3 is 5.97 Å². The molecule has 3 nitrogen and oxygen atoms in total. The van der Waals surface area contributed by atoms with E-state index in [4.69, 9.17) is 9.47 Å². The van der Waals surface area contributed by atoms with Crippen LogP contribution < -0.4 is 0 Å². The van der Waals surface area contributed by atoms with Crippen molar-refractivity contribution in [1.82, 2.24) is 0 Å². The van der Waals surface area contributed by atoms with Crippen LogP contribution in [-0.2, 0) is 14.3 Å². The Balaban J connectivity index is 1.31. The van der Waals surface area contributed by atoms with Crippen molar-refractivity contribution in [3.8, 4) is 0 Å². The van der Waals surface area contributed by atoms with E-state index in [9.17, 15) is 4.79 Å². The lowest BCUT2D eigenvalue weighted by Crippen LogP contribution is -2.36. The van der Waals surface area contributed by atoms with Crippen molar-refractivity contribution in [2.24, 2.45) is 29.6 Å². The maximum Gasteiger partial charge on any atom is 0.333 e. The van der Waals surface area contributed by atoms with E-state index in [0.29, 0.717) is 18.8 Å². The molecular formula is C18H26O3. The molecule has 4 saturated carbocycles. The molecule has 0 radical (unpaired) electrons. The molecule has 4 aliphatic rings. The van der Waals surface area contributed by atoms with E-state index in [1.165, 1.54) is 38.5 Å². The normalized spacial score (nSPS) is 45.9. The Morgan fingerprint density at radius 3 is 2.67 bits per heavy atom. The highest BCUT2D eigenvalue weighted by Crippen LogP contribution is 2.75. The number of rotatable bonds is 5. The third kappa shape index (κ3) is 2.16. The second-order valence-corrected chi connectivity index (χ2v) is 7.65. The average Bonchev–Trinajstić information content (AvgIpc) is 3.35. The molecular weight excluding hydrogens is 264 g/mol. The monoisotopic (exact) mass is 290 g/mol. The van der Waals surface area contributed by atoms with Crippen LogP contribution >= 0.6 is 0 Å². The molecule has 3 heteroatoms. The number of esters is 1. The molecule has 0 aromatic rings. The number of fused-ring (bicyclic) bond motifs is 6. The molecule has 4 fully saturated rings. The van der Waals surface area contributed by atoms with E-state index in [0.717, 1.165) is 29.6 Å². The fourth-order valence-corrected chi connectivity index (χ4v) is 5.46. The largest absolute Gasteiger partial charge is 0.460 e. The minimum absolute atomic E-state index is 0.179. The van der Waals surface area contributed by atoms with E-state index < -0.39 is 0 Å². The van der Waals surface area contributed by atoms with E-state index >= 15 is 0 Å². The van der Waals surface area contributed by atoms with Crippen molar-refractivity contribution in [2.75, 3.05) is 13.2 Å². The molecule has 0 aliphatic heterocycles. The lowest BCUT2D eigenvalue weighted by Gasteiger charge is -2.38. The van der Waals surface area contributed by atoms with E-state index in [2.05, 4.69) is 6.58 Å². The molecule has 0 aromatic heterocycles. The third-order valence-electron chi connectivity index (χ3n) is 6.45. The molecule has 0 amide bonds. The molecule has 4 rings (SSSR count). The molecule has 0 spiro atoms. The van der Waals surface area contributed by atoms with Gasteiger partial charge in [-0.3, -0.25) is 0 Å². The van der Waals surface area contributed by atoms with Gasteiger partial charge in [-0.1, -0.05) is 19.4 Å². The summed E-state index contributed by atoms with van der Waals surface area (Å²) >= 11 is 0. The van der Waals surface area contributed by atoms with Gasteiger partial charge in [0.2, 0.25) is 0 Å². The Labute approximate surface area is 127 Å². The van der Waals surface area contributed by atoms with Gasteiger partial charge in [-0.15, -0.1) is 0 Å². The van der Waals surface area contributed by atoms with Crippen molar-refractivity contribution in [3.63, 3.8) is 0 Å². The van der Waals surface area contributed by atoms with Crippen molar-refractivity contribution < 1.29 is 14.3 Å². The fourth-order valence-electron chi connectivity index (χ4n) is 5.46. The van der Waals surface area contributed by atoms with Crippen LogP contribution in [0.1, 0.15) is 45.4 Å². The lowest BCUT2D eigenvalue weighted by atomic mass is 9.69. The van der Waals surface area contributed by atoms with Crippen LogP contribution in [-0.4, -0.2) is 24.8 Å². The molecule has 4 aliphatic carbocycles. The van der Waals surface area contributed by atoms with E-state index in [-0.39, 0.29) is 11.6 Å². The second kappa shape index (κ2) is 4.84. The topological polar surface area (TPSA) is 35.5 Å². The molecule has 0 saturated heterocycles. The van der Waals surface area contributed by atoms with Gasteiger partial charge in [0.25, 0.3) is 0 Å². The van der Waals surface area contributed by atoms with Gasteiger partial charge in [-0.2, -0.15) is 0 Å². The predicted molar refractivity (Wildman–Crippen MR) is 79.6 cm³/mol. The van der Waals surface area contributed by atoms with E-state index in [1.54, 1.807) is 6.92 Å². The molecule has 0 heterocycles. The minimum atomic E-state index is -0.302. The Morgan fingerprint density at radius 1 is 1.14 bits per heavy atom. The molecule has 0 N–H and O–H groups in total. The highest BCUT2D eigenvalue weighted by atomic mass is 16.6. The third-order valence-corrected chi connectivity index (χ3v) is 6.45. The van der Waals surface area contributed by atoms with Crippen molar-refractivity contribution >= 4 is 5.97 Å². The van der Waals surface area contributed by atoms with Crippen molar-refractivity contribution in [2.45, 2.75) is 51.0 Å². The molecule has 21 heavy (non-hydrogen) atoms. The molecule has 6 atom stereocenters. The summed E-state index contributed by atoms with van der Waals surface area (Å²) in [5.74, 6) is 4.22. The molecule has 116 valence electrons. The SMILES string of the molecule is C=C(C)C(=O)OCCOC12CC1C1CCCCC1C1CC12. The quantitative estimate of drug-likeness (QED) is 0.442. The second-order valence-electron chi connectivity index (χ2n) is 7.65. The highest BCUT2D eigenvalue weighted by molar-refractivity contribution is 5.86. The summed E-state index contributed by atoms with van der Waals surface area (Å²) in [6.07, 6.45) is 8.42. The Morgan fingerprint density at radius 2 is 1.90 bits per heavy atom. The Bertz CT molecular complexity index is 471. The van der Waals surface area contributed by atoms with Gasteiger partial charge in [0.15, 0.2) is 0 Å². The van der Waals surface area contributed by atoms with Crippen LogP contribution in [0.3, 0.4) is 0 Å². The van der Waals surface area contributed by atoms with Crippen LogP contribution in [0.5, 0.6) is 0 Å². The maximum absolute atomic E-state index is 11.4. The number of ether oxygens (including phenoxy) is 2. The first-order chi connectivity index (χ1) is 10.1. The first-order valence-electron chi connectivity index (χ1n) is 8.60. The maximum atomic E-state index is 11.4. The standard InChI is InChI=1S/C18H26O3/c1-11(2)17(19)20-7-8-21-18-10-16(18)13-6-4-3-5-12(13)14-9-15(14)18/h12-16H,1,3-10H2,2H3. The molecule has 0 bridgehead atoms. The zero-order chi connectivity index (χ0) is 14.6. The van der Waals surface area contributed by atoms with Crippen molar-refractivity contribution in [3.05, 3.63) is 12.2 Å². The predicted octanol–water partition coefficient (Wildman–Crippen LogP) is 3.34. The van der Waals surface area contributed by atoms with Crippen LogP contribution in [0, 0.1) is 29.6 Å². The summed E-state index contributed by atoms with van der Waals surface area (Å²) < 4.78 is 11.4. The Hall–Kier alpha value is -0.830. The number of hydrogen-bond donors (Lipinski definition) is 0. The summed E-state index contributed by atoms with van der Waals surface area (Å²) in [7, 11) is 0. The van der Waals surface area contributed by atoms with Gasteiger partial charge in [0.1, 0.15) is 6.61 Å². The summed E-state index contributed by atoms with van der Waals surface area (Å²) in [5, 5.41) is 0. The molecule has 0 aromatic carbocycles. The Kier molecular flexibility index (Phi) is 3.18. The first-order valence-corrected chi connectivity index (χ1v) is 8.60. The molecule has 6 unspecified atom stereocenters. The number of hydrogen-bond acceptors (Lipinski definition) is 3. The summed E-state index contributed by atoms with van der Waals surface area (Å²) in [6, 6.07) is 0. The zero-order valence-corrected chi connectivity index (χ0v) is 13.0. The average molecular weight is 290 g/mol. The highest BCUT2D eigenvalue weighted by Gasteiger charge is 2.75. The smallest absolute Gasteiger partial charge is 0.333 e. The van der Waals surface area contributed by atoms with Gasteiger partial charge in [-0.25, -0.2) is 4.79 Å². The van der Waals surface area contributed by atoms with Gasteiger partial charge < -0.3 is 9.47 Å². The van der Waals surface area contributed by atoms with Gasteiger partial charge in [0, 0.05) is 5.57 Å². The van der Waals surface area contributed by atoms with Crippen LogP contribution in [0.15, 0.2) is 12.2 Å². The minimum Gasteiger partial charge on any atom is -0.460 e. The van der Waals surface area contributed by atoms with Crippen LogP contribution in [0.25, 0.3) is 0 Å². The number of carbonyl (C=O) groups is 1. The summed E-state index contributed by atoms with van der Waals surface area (Å²) in [5.41, 5.74) is 0.640. The van der Waals surface area contributed by atoms with Crippen LogP contribution in [0.2, 0.25) is 0 Å².